The Balaban J connectivity index is 1.88. The van der Waals surface area contributed by atoms with Crippen molar-refractivity contribution in [2.75, 3.05) is 23.3 Å². The molecule has 0 aromatic heterocycles. The van der Waals surface area contributed by atoms with Crippen LogP contribution in [0.5, 0.6) is 0 Å². The molecule has 0 fully saturated rings. The van der Waals surface area contributed by atoms with Crippen molar-refractivity contribution in [1.29, 1.82) is 0 Å². The van der Waals surface area contributed by atoms with Crippen LogP contribution in [0, 0.1) is 11.6 Å². The second-order valence-electron chi connectivity index (χ2n) is 4.60. The highest BCUT2D eigenvalue weighted by molar-refractivity contribution is 5.71. The van der Waals surface area contributed by atoms with Crippen molar-refractivity contribution in [3.05, 3.63) is 59.7 Å². The molecular formula is C15H14F2N2. The van der Waals surface area contributed by atoms with Gasteiger partial charge >= 0.3 is 0 Å². The van der Waals surface area contributed by atoms with E-state index in [0.29, 0.717) is 12.1 Å². The predicted molar refractivity (Wildman–Crippen MR) is 72.3 cm³/mol. The van der Waals surface area contributed by atoms with Crippen LogP contribution in [0.1, 0.15) is 5.56 Å². The van der Waals surface area contributed by atoms with E-state index in [2.05, 4.69) is 10.2 Å². The molecule has 0 atom stereocenters. The molecule has 2 aromatic rings. The van der Waals surface area contributed by atoms with Gasteiger partial charge in [-0.15, -0.1) is 0 Å². The van der Waals surface area contributed by atoms with Crippen LogP contribution in [0.15, 0.2) is 42.5 Å². The van der Waals surface area contributed by atoms with Gasteiger partial charge in [-0.3, -0.25) is 0 Å². The monoisotopic (exact) mass is 260 g/mol. The van der Waals surface area contributed by atoms with E-state index in [4.69, 9.17) is 0 Å². The largest absolute Gasteiger partial charge is 0.382 e. The fourth-order valence-electron chi connectivity index (χ4n) is 2.36. The summed E-state index contributed by atoms with van der Waals surface area (Å²) >= 11 is 0. The maximum absolute atomic E-state index is 13.7. The molecule has 0 unspecified atom stereocenters. The van der Waals surface area contributed by atoms with Gasteiger partial charge < -0.3 is 10.2 Å². The van der Waals surface area contributed by atoms with Gasteiger partial charge in [-0.2, -0.15) is 0 Å². The first kappa shape index (κ1) is 12.0. The van der Waals surface area contributed by atoms with Crippen LogP contribution in [0.25, 0.3) is 0 Å². The van der Waals surface area contributed by atoms with Gasteiger partial charge in [0.25, 0.3) is 0 Å². The highest BCUT2D eigenvalue weighted by atomic mass is 19.1. The Morgan fingerprint density at radius 1 is 1.11 bits per heavy atom. The topological polar surface area (TPSA) is 15.3 Å². The number of nitrogens with one attached hydrogen (secondary N) is 1. The summed E-state index contributed by atoms with van der Waals surface area (Å²) in [7, 11) is 0. The molecule has 2 nitrogen and oxygen atoms in total. The average molecular weight is 260 g/mol. The smallest absolute Gasteiger partial charge is 0.131 e. The lowest BCUT2D eigenvalue weighted by molar-refractivity contribution is 0.569. The lowest BCUT2D eigenvalue weighted by Gasteiger charge is -2.32. The molecule has 0 aliphatic carbocycles. The van der Waals surface area contributed by atoms with Gasteiger partial charge in [0, 0.05) is 31.3 Å². The van der Waals surface area contributed by atoms with Crippen molar-refractivity contribution in [3.63, 3.8) is 0 Å². The van der Waals surface area contributed by atoms with Gasteiger partial charge in [-0.25, -0.2) is 8.78 Å². The van der Waals surface area contributed by atoms with Gasteiger partial charge in [0.1, 0.15) is 11.6 Å². The third kappa shape index (κ3) is 2.38. The number of anilines is 2. The van der Waals surface area contributed by atoms with Crippen LogP contribution in [0.4, 0.5) is 20.2 Å². The number of rotatable bonds is 2. The summed E-state index contributed by atoms with van der Waals surface area (Å²) in [5.41, 5.74) is 2.62. The molecule has 1 aliphatic rings. The molecule has 1 heterocycles. The molecule has 19 heavy (non-hydrogen) atoms. The van der Waals surface area contributed by atoms with Gasteiger partial charge in [0.05, 0.1) is 11.4 Å². The third-order valence-electron chi connectivity index (χ3n) is 3.32. The predicted octanol–water partition coefficient (Wildman–Crippen LogP) is 3.40. The Bertz CT molecular complexity index is 598. The second kappa shape index (κ2) is 4.88. The standard InChI is InChI=1S/C15H14F2N2/c16-12-6-5-11(13(17)9-12)10-19-8-7-18-14-3-1-2-4-15(14)19/h1-6,9,18H,7-8,10H2. The minimum atomic E-state index is -0.540. The molecule has 0 amide bonds. The number of halogens is 2. The molecule has 0 spiro atoms. The molecular weight excluding hydrogens is 246 g/mol. The van der Waals surface area contributed by atoms with E-state index in [1.54, 1.807) is 0 Å². The van der Waals surface area contributed by atoms with Gasteiger partial charge in [-0.05, 0) is 18.2 Å². The summed E-state index contributed by atoms with van der Waals surface area (Å²) in [5.74, 6) is -1.03. The Labute approximate surface area is 110 Å². The van der Waals surface area contributed by atoms with Crippen molar-refractivity contribution in [2.45, 2.75) is 6.54 Å². The van der Waals surface area contributed by atoms with Crippen molar-refractivity contribution in [3.8, 4) is 0 Å². The van der Waals surface area contributed by atoms with E-state index in [9.17, 15) is 8.78 Å². The highest BCUT2D eigenvalue weighted by Gasteiger charge is 2.17. The Morgan fingerprint density at radius 3 is 2.79 bits per heavy atom. The molecule has 1 aliphatic heterocycles. The Kier molecular flexibility index (Phi) is 3.07. The zero-order valence-electron chi connectivity index (χ0n) is 10.4. The van der Waals surface area contributed by atoms with Gasteiger partial charge in [-0.1, -0.05) is 18.2 Å². The first-order valence-electron chi connectivity index (χ1n) is 6.26. The summed E-state index contributed by atoms with van der Waals surface area (Å²) in [5, 5.41) is 3.31. The van der Waals surface area contributed by atoms with Crippen molar-refractivity contribution in [1.82, 2.24) is 0 Å². The zero-order valence-corrected chi connectivity index (χ0v) is 10.4. The number of hydrogen-bond acceptors (Lipinski definition) is 2. The quantitative estimate of drug-likeness (QED) is 0.890. The molecule has 0 radical (unpaired) electrons. The van der Waals surface area contributed by atoms with E-state index in [0.717, 1.165) is 30.5 Å². The molecule has 4 heteroatoms. The summed E-state index contributed by atoms with van der Waals surface area (Å²) in [6, 6.07) is 11.7. The van der Waals surface area contributed by atoms with Crippen molar-refractivity contribution < 1.29 is 8.78 Å². The van der Waals surface area contributed by atoms with Crippen LogP contribution < -0.4 is 10.2 Å². The molecule has 2 aromatic carbocycles. The van der Waals surface area contributed by atoms with E-state index in [1.165, 1.54) is 12.1 Å². The van der Waals surface area contributed by atoms with E-state index in [1.807, 2.05) is 24.3 Å². The average Bonchev–Trinajstić information content (AvgIpc) is 2.42. The normalized spacial score (nSPS) is 13.9. The van der Waals surface area contributed by atoms with Crippen LogP contribution in [-0.2, 0) is 6.54 Å². The molecule has 0 bridgehead atoms. The van der Waals surface area contributed by atoms with E-state index < -0.39 is 11.6 Å². The van der Waals surface area contributed by atoms with Crippen LogP contribution in [0.2, 0.25) is 0 Å². The second-order valence-corrected chi connectivity index (χ2v) is 4.60. The maximum atomic E-state index is 13.7. The zero-order chi connectivity index (χ0) is 13.2. The molecule has 1 N–H and O–H groups in total. The lowest BCUT2D eigenvalue weighted by Crippen LogP contribution is -2.33. The number of fused-ring (bicyclic) bond motifs is 1. The van der Waals surface area contributed by atoms with Gasteiger partial charge in [0.15, 0.2) is 0 Å². The number of benzene rings is 2. The van der Waals surface area contributed by atoms with E-state index >= 15 is 0 Å². The van der Waals surface area contributed by atoms with Crippen LogP contribution in [0.3, 0.4) is 0 Å². The summed E-state index contributed by atoms with van der Waals surface area (Å²) in [4.78, 5) is 2.10. The summed E-state index contributed by atoms with van der Waals surface area (Å²) in [6.45, 7) is 2.07. The number of hydrogen-bond donors (Lipinski definition) is 1. The molecule has 98 valence electrons. The van der Waals surface area contributed by atoms with Crippen LogP contribution in [-0.4, -0.2) is 13.1 Å². The van der Waals surface area contributed by atoms with Crippen molar-refractivity contribution >= 4 is 11.4 Å². The summed E-state index contributed by atoms with van der Waals surface area (Å²) in [6.07, 6.45) is 0. The number of para-hydroxylation sites is 2. The van der Waals surface area contributed by atoms with Crippen LogP contribution >= 0.6 is 0 Å². The fraction of sp³-hybridized carbons (Fsp3) is 0.200. The lowest BCUT2D eigenvalue weighted by atomic mass is 10.1. The van der Waals surface area contributed by atoms with E-state index in [-0.39, 0.29) is 0 Å². The third-order valence-corrected chi connectivity index (χ3v) is 3.32. The SMILES string of the molecule is Fc1ccc(CN2CCNc3ccccc32)c(F)c1. The number of nitrogens with zero attached hydrogens (tertiary/aromatic N) is 1. The Hall–Kier alpha value is -2.10. The van der Waals surface area contributed by atoms with Crippen molar-refractivity contribution in [2.24, 2.45) is 0 Å². The summed E-state index contributed by atoms with van der Waals surface area (Å²) < 4.78 is 26.6. The first-order chi connectivity index (χ1) is 9.24. The highest BCUT2D eigenvalue weighted by Crippen LogP contribution is 2.29. The molecule has 3 rings (SSSR count). The minimum absolute atomic E-state index is 0.449. The molecule has 0 saturated heterocycles. The Morgan fingerprint density at radius 2 is 1.95 bits per heavy atom. The fourth-order valence-corrected chi connectivity index (χ4v) is 2.36. The first-order valence-corrected chi connectivity index (χ1v) is 6.26. The maximum Gasteiger partial charge on any atom is 0.131 e. The van der Waals surface area contributed by atoms with Gasteiger partial charge in [0.2, 0.25) is 0 Å². The minimum Gasteiger partial charge on any atom is -0.382 e. The molecule has 0 saturated carbocycles.